The van der Waals surface area contributed by atoms with Gasteiger partial charge in [0.05, 0.1) is 12.0 Å². The highest BCUT2D eigenvalue weighted by molar-refractivity contribution is 5.99. The number of benzene rings is 2. The van der Waals surface area contributed by atoms with E-state index in [9.17, 15) is 14.4 Å². The van der Waals surface area contributed by atoms with Crippen molar-refractivity contribution >= 4 is 23.5 Å². The van der Waals surface area contributed by atoms with Crippen LogP contribution in [0.15, 0.2) is 48.5 Å². The van der Waals surface area contributed by atoms with Crippen LogP contribution in [-0.2, 0) is 19.1 Å². The standard InChI is InChI=1S/C23H26N2O4/c1-15-9-10-20(11-16(15)2)25-13-19(12-22(25)27)23(28)29-14-21(26)24-17(3)18-7-5-4-6-8-18/h4-11,17,19H,12-14H2,1-3H3,(H,24,26)/t17-,19-/m1/s1. The second kappa shape index (κ2) is 8.90. The lowest BCUT2D eigenvalue weighted by molar-refractivity contribution is -0.152. The lowest BCUT2D eigenvalue weighted by atomic mass is 10.1. The number of rotatable bonds is 6. The second-order valence-corrected chi connectivity index (χ2v) is 7.48. The number of carbonyl (C=O) groups excluding carboxylic acids is 3. The average molecular weight is 394 g/mol. The number of nitrogens with one attached hydrogen (secondary N) is 1. The van der Waals surface area contributed by atoms with E-state index < -0.39 is 11.9 Å². The zero-order valence-electron chi connectivity index (χ0n) is 17.0. The number of nitrogens with zero attached hydrogens (tertiary/aromatic N) is 1. The molecule has 1 aliphatic rings. The quantitative estimate of drug-likeness (QED) is 0.764. The summed E-state index contributed by atoms with van der Waals surface area (Å²) < 4.78 is 5.17. The van der Waals surface area contributed by atoms with Gasteiger partial charge in [0.2, 0.25) is 5.91 Å². The molecular formula is C23H26N2O4. The Kier molecular flexibility index (Phi) is 6.32. The molecule has 3 rings (SSSR count). The van der Waals surface area contributed by atoms with E-state index in [0.29, 0.717) is 0 Å². The third kappa shape index (κ3) is 5.02. The van der Waals surface area contributed by atoms with Crippen molar-refractivity contribution in [2.45, 2.75) is 33.2 Å². The summed E-state index contributed by atoms with van der Waals surface area (Å²) in [5.41, 5.74) is 3.98. The van der Waals surface area contributed by atoms with Crippen LogP contribution in [0.5, 0.6) is 0 Å². The zero-order valence-corrected chi connectivity index (χ0v) is 17.0. The molecule has 0 saturated carbocycles. The van der Waals surface area contributed by atoms with E-state index in [4.69, 9.17) is 4.74 Å². The molecule has 0 aromatic heterocycles. The molecule has 0 radical (unpaired) electrons. The minimum absolute atomic E-state index is 0.0911. The van der Waals surface area contributed by atoms with E-state index in [1.807, 2.05) is 69.3 Å². The topological polar surface area (TPSA) is 75.7 Å². The van der Waals surface area contributed by atoms with E-state index in [2.05, 4.69) is 5.32 Å². The average Bonchev–Trinajstić information content (AvgIpc) is 3.10. The summed E-state index contributed by atoms with van der Waals surface area (Å²) in [6, 6.07) is 15.1. The van der Waals surface area contributed by atoms with Crippen LogP contribution in [0, 0.1) is 19.8 Å². The van der Waals surface area contributed by atoms with Crippen LogP contribution in [0.2, 0.25) is 0 Å². The Morgan fingerprint density at radius 3 is 2.55 bits per heavy atom. The van der Waals surface area contributed by atoms with Gasteiger partial charge in [-0.1, -0.05) is 36.4 Å². The third-order valence-corrected chi connectivity index (χ3v) is 5.28. The normalized spacial score (nSPS) is 17.1. The molecule has 0 spiro atoms. The van der Waals surface area contributed by atoms with Gasteiger partial charge >= 0.3 is 5.97 Å². The Morgan fingerprint density at radius 2 is 1.86 bits per heavy atom. The van der Waals surface area contributed by atoms with Crippen LogP contribution in [0.3, 0.4) is 0 Å². The lowest BCUT2D eigenvalue weighted by Crippen LogP contribution is -2.32. The zero-order chi connectivity index (χ0) is 21.0. The minimum atomic E-state index is -0.566. The number of aryl methyl sites for hydroxylation is 2. The second-order valence-electron chi connectivity index (χ2n) is 7.48. The number of hydrogen-bond donors (Lipinski definition) is 1. The van der Waals surface area contributed by atoms with Gasteiger partial charge in [-0.3, -0.25) is 14.4 Å². The van der Waals surface area contributed by atoms with Crippen molar-refractivity contribution in [3.05, 3.63) is 65.2 Å². The summed E-state index contributed by atoms with van der Waals surface area (Å²) in [5, 5.41) is 2.80. The van der Waals surface area contributed by atoms with Crippen molar-refractivity contribution in [3.8, 4) is 0 Å². The van der Waals surface area contributed by atoms with Gasteiger partial charge in [-0.2, -0.15) is 0 Å². The molecule has 2 atom stereocenters. The van der Waals surface area contributed by atoms with Crippen molar-refractivity contribution in [1.29, 1.82) is 0 Å². The van der Waals surface area contributed by atoms with Gasteiger partial charge in [0.1, 0.15) is 0 Å². The molecule has 2 amide bonds. The highest BCUT2D eigenvalue weighted by atomic mass is 16.5. The van der Waals surface area contributed by atoms with Gasteiger partial charge in [0.15, 0.2) is 6.61 Å². The van der Waals surface area contributed by atoms with E-state index in [1.54, 1.807) is 4.90 Å². The van der Waals surface area contributed by atoms with Crippen molar-refractivity contribution in [2.75, 3.05) is 18.1 Å². The first-order valence-electron chi connectivity index (χ1n) is 9.73. The first-order chi connectivity index (χ1) is 13.8. The molecule has 6 nitrogen and oxygen atoms in total. The van der Waals surface area contributed by atoms with Gasteiger partial charge < -0.3 is 15.0 Å². The van der Waals surface area contributed by atoms with Gasteiger partial charge in [-0.05, 0) is 49.6 Å². The largest absolute Gasteiger partial charge is 0.455 e. The predicted molar refractivity (Wildman–Crippen MR) is 110 cm³/mol. The smallest absolute Gasteiger partial charge is 0.311 e. The van der Waals surface area contributed by atoms with Crippen LogP contribution in [0.4, 0.5) is 5.69 Å². The van der Waals surface area contributed by atoms with Crippen molar-refractivity contribution < 1.29 is 19.1 Å². The molecule has 152 valence electrons. The molecule has 2 aromatic rings. The SMILES string of the molecule is Cc1ccc(N2C[C@H](C(=O)OCC(=O)N[C@H](C)c3ccccc3)CC2=O)cc1C. The van der Waals surface area contributed by atoms with Crippen LogP contribution in [0.25, 0.3) is 0 Å². The molecule has 29 heavy (non-hydrogen) atoms. The number of ether oxygens (including phenoxy) is 1. The van der Waals surface area contributed by atoms with Crippen molar-refractivity contribution in [1.82, 2.24) is 5.32 Å². The fourth-order valence-electron chi connectivity index (χ4n) is 3.37. The number of hydrogen-bond acceptors (Lipinski definition) is 4. The first kappa shape index (κ1) is 20.6. The lowest BCUT2D eigenvalue weighted by Gasteiger charge is -2.18. The number of esters is 1. The molecule has 1 heterocycles. The van der Waals surface area contributed by atoms with Gasteiger partial charge in [-0.25, -0.2) is 0 Å². The maximum atomic E-state index is 12.4. The van der Waals surface area contributed by atoms with Crippen molar-refractivity contribution in [3.63, 3.8) is 0 Å². The molecule has 0 unspecified atom stereocenters. The van der Waals surface area contributed by atoms with Gasteiger partial charge in [0.25, 0.3) is 5.91 Å². The molecule has 1 aliphatic heterocycles. The van der Waals surface area contributed by atoms with Crippen LogP contribution < -0.4 is 10.2 Å². The minimum Gasteiger partial charge on any atom is -0.455 e. The summed E-state index contributed by atoms with van der Waals surface area (Å²) in [4.78, 5) is 38.4. The number of anilines is 1. The molecule has 1 fully saturated rings. The van der Waals surface area contributed by atoms with E-state index in [0.717, 1.165) is 22.4 Å². The molecule has 0 bridgehead atoms. The molecule has 1 N–H and O–H groups in total. The Bertz CT molecular complexity index is 910. The van der Waals surface area contributed by atoms with Gasteiger partial charge in [-0.15, -0.1) is 0 Å². The Labute approximate surface area is 170 Å². The van der Waals surface area contributed by atoms with E-state index >= 15 is 0 Å². The molecule has 2 aromatic carbocycles. The Hall–Kier alpha value is -3.15. The van der Waals surface area contributed by atoms with Crippen molar-refractivity contribution in [2.24, 2.45) is 5.92 Å². The van der Waals surface area contributed by atoms with Crippen LogP contribution in [-0.4, -0.2) is 30.9 Å². The Morgan fingerprint density at radius 1 is 1.14 bits per heavy atom. The molecule has 0 aliphatic carbocycles. The summed E-state index contributed by atoms with van der Waals surface area (Å²) in [6.07, 6.45) is 0.0911. The fourth-order valence-corrected chi connectivity index (χ4v) is 3.37. The van der Waals surface area contributed by atoms with Crippen LogP contribution >= 0.6 is 0 Å². The summed E-state index contributed by atoms with van der Waals surface area (Å²) in [6.45, 7) is 5.77. The maximum absolute atomic E-state index is 12.4. The highest BCUT2D eigenvalue weighted by Gasteiger charge is 2.36. The number of carbonyl (C=O) groups is 3. The fraction of sp³-hybridized carbons (Fsp3) is 0.348. The third-order valence-electron chi connectivity index (χ3n) is 5.28. The predicted octanol–water partition coefficient (Wildman–Crippen LogP) is 3.08. The Balaban J connectivity index is 1.51. The molecular weight excluding hydrogens is 368 g/mol. The summed E-state index contributed by atoms with van der Waals surface area (Å²) in [7, 11) is 0. The maximum Gasteiger partial charge on any atom is 0.311 e. The van der Waals surface area contributed by atoms with E-state index in [1.165, 1.54) is 0 Å². The summed E-state index contributed by atoms with van der Waals surface area (Å²) in [5.74, 6) is -1.57. The monoisotopic (exact) mass is 394 g/mol. The van der Waals surface area contributed by atoms with Crippen LogP contribution in [0.1, 0.15) is 36.1 Å². The molecule has 6 heteroatoms. The molecule has 1 saturated heterocycles. The van der Waals surface area contributed by atoms with Gasteiger partial charge in [0, 0.05) is 18.7 Å². The highest BCUT2D eigenvalue weighted by Crippen LogP contribution is 2.27. The number of amides is 2. The summed E-state index contributed by atoms with van der Waals surface area (Å²) >= 11 is 0. The van der Waals surface area contributed by atoms with E-state index in [-0.39, 0.29) is 37.4 Å². The first-order valence-corrected chi connectivity index (χ1v) is 9.73.